The zero-order chi connectivity index (χ0) is 15.7. The molecule has 21 heavy (non-hydrogen) atoms. The Hall–Kier alpha value is -0.470. The standard InChI is InChI=1S/C14H25N3O2S2/c1-14(2,17(3)4)10-16-21(18,19)13-7-8-20-12(13)9-15-11-5-6-11/h7-8,11,15-16H,5-6,9-10H2,1-4H3. The summed E-state index contributed by atoms with van der Waals surface area (Å²) in [5.74, 6) is 0. The van der Waals surface area contributed by atoms with Crippen LogP contribution in [0.5, 0.6) is 0 Å². The van der Waals surface area contributed by atoms with E-state index in [1.807, 2.05) is 38.2 Å². The second kappa shape index (κ2) is 6.34. The maximum atomic E-state index is 12.5. The molecule has 0 aliphatic heterocycles. The number of likely N-dealkylation sites (N-methyl/N-ethyl adjacent to an activating group) is 1. The van der Waals surface area contributed by atoms with Gasteiger partial charge in [0.2, 0.25) is 10.0 Å². The van der Waals surface area contributed by atoms with E-state index in [2.05, 4.69) is 10.0 Å². The van der Waals surface area contributed by atoms with Crippen LogP contribution in [0, 0.1) is 0 Å². The third kappa shape index (κ3) is 4.50. The quantitative estimate of drug-likeness (QED) is 0.760. The third-order valence-electron chi connectivity index (χ3n) is 4.03. The van der Waals surface area contributed by atoms with Crippen LogP contribution in [0.2, 0.25) is 0 Å². The van der Waals surface area contributed by atoms with Crippen LogP contribution in [0.4, 0.5) is 0 Å². The van der Waals surface area contributed by atoms with Crippen molar-refractivity contribution in [2.24, 2.45) is 0 Å². The topological polar surface area (TPSA) is 61.4 Å². The number of rotatable bonds is 8. The highest BCUT2D eigenvalue weighted by molar-refractivity contribution is 7.89. The molecule has 7 heteroatoms. The lowest BCUT2D eigenvalue weighted by atomic mass is 10.1. The molecule has 1 heterocycles. The molecule has 0 aromatic carbocycles. The fraction of sp³-hybridized carbons (Fsp3) is 0.714. The Morgan fingerprint density at radius 3 is 2.62 bits per heavy atom. The SMILES string of the molecule is CN(C)C(C)(C)CNS(=O)(=O)c1ccsc1CNC1CC1. The minimum Gasteiger partial charge on any atom is -0.309 e. The van der Waals surface area contributed by atoms with E-state index in [9.17, 15) is 8.42 Å². The van der Waals surface area contributed by atoms with Crippen LogP contribution in [0.1, 0.15) is 31.6 Å². The van der Waals surface area contributed by atoms with E-state index in [-0.39, 0.29) is 5.54 Å². The summed E-state index contributed by atoms with van der Waals surface area (Å²) in [5, 5.41) is 5.21. The summed E-state index contributed by atoms with van der Waals surface area (Å²) in [6, 6.07) is 2.27. The van der Waals surface area contributed by atoms with E-state index in [1.54, 1.807) is 6.07 Å². The molecule has 1 fully saturated rings. The molecule has 2 rings (SSSR count). The minimum atomic E-state index is -3.45. The van der Waals surface area contributed by atoms with Crippen LogP contribution in [0.15, 0.2) is 16.3 Å². The first kappa shape index (κ1) is 16.9. The monoisotopic (exact) mass is 331 g/mol. The largest absolute Gasteiger partial charge is 0.309 e. The minimum absolute atomic E-state index is 0.227. The normalized spacial score (nSPS) is 16.6. The highest BCUT2D eigenvalue weighted by Crippen LogP contribution is 2.25. The van der Waals surface area contributed by atoms with Crippen LogP contribution in [-0.4, -0.2) is 45.5 Å². The lowest BCUT2D eigenvalue weighted by Gasteiger charge is -2.32. The van der Waals surface area contributed by atoms with Gasteiger partial charge >= 0.3 is 0 Å². The second-order valence-electron chi connectivity index (χ2n) is 6.39. The van der Waals surface area contributed by atoms with Gasteiger partial charge in [-0.25, -0.2) is 13.1 Å². The van der Waals surface area contributed by atoms with Crippen molar-refractivity contribution in [2.75, 3.05) is 20.6 Å². The predicted octanol–water partition coefficient (Wildman–Crippen LogP) is 1.62. The van der Waals surface area contributed by atoms with Crippen molar-refractivity contribution in [1.82, 2.24) is 14.9 Å². The molecule has 1 aliphatic carbocycles. The van der Waals surface area contributed by atoms with Crippen molar-refractivity contribution >= 4 is 21.4 Å². The zero-order valence-corrected chi connectivity index (χ0v) is 14.8. The first-order valence-corrected chi connectivity index (χ1v) is 9.55. The Kier molecular flexibility index (Phi) is 5.10. The lowest BCUT2D eigenvalue weighted by Crippen LogP contribution is -2.48. The van der Waals surface area contributed by atoms with Crippen molar-refractivity contribution in [3.05, 3.63) is 16.3 Å². The van der Waals surface area contributed by atoms with E-state index in [1.165, 1.54) is 24.2 Å². The molecule has 0 atom stereocenters. The van der Waals surface area contributed by atoms with Gasteiger partial charge in [-0.3, -0.25) is 0 Å². The van der Waals surface area contributed by atoms with Crippen molar-refractivity contribution in [3.8, 4) is 0 Å². The molecule has 5 nitrogen and oxygen atoms in total. The first-order valence-electron chi connectivity index (χ1n) is 7.19. The first-order chi connectivity index (χ1) is 9.72. The second-order valence-corrected chi connectivity index (χ2v) is 9.13. The average molecular weight is 332 g/mol. The van der Waals surface area contributed by atoms with Gasteiger partial charge in [0, 0.05) is 29.5 Å². The summed E-state index contributed by atoms with van der Waals surface area (Å²) in [5.41, 5.74) is -0.227. The summed E-state index contributed by atoms with van der Waals surface area (Å²) in [4.78, 5) is 3.31. The Bertz CT molecular complexity index is 575. The molecular formula is C14H25N3O2S2. The van der Waals surface area contributed by atoms with Crippen LogP contribution < -0.4 is 10.0 Å². The fourth-order valence-electron chi connectivity index (χ4n) is 1.73. The molecule has 0 radical (unpaired) electrons. The molecule has 120 valence electrons. The van der Waals surface area contributed by atoms with Gasteiger partial charge in [-0.05, 0) is 52.2 Å². The number of nitrogens with one attached hydrogen (secondary N) is 2. The van der Waals surface area contributed by atoms with E-state index in [4.69, 9.17) is 0 Å². The molecule has 1 saturated carbocycles. The average Bonchev–Trinajstić information content (AvgIpc) is 3.10. The van der Waals surface area contributed by atoms with Crippen molar-refractivity contribution in [2.45, 2.75) is 49.7 Å². The summed E-state index contributed by atoms with van der Waals surface area (Å²) in [7, 11) is 0.449. The molecule has 0 saturated heterocycles. The van der Waals surface area contributed by atoms with Crippen LogP contribution in [0.3, 0.4) is 0 Å². The summed E-state index contributed by atoms with van der Waals surface area (Å²) < 4.78 is 27.7. The molecule has 0 spiro atoms. The van der Waals surface area contributed by atoms with Crippen LogP contribution in [-0.2, 0) is 16.6 Å². The lowest BCUT2D eigenvalue weighted by molar-refractivity contribution is 0.199. The molecule has 1 aliphatic rings. The van der Waals surface area contributed by atoms with Crippen LogP contribution >= 0.6 is 11.3 Å². The molecular weight excluding hydrogens is 306 g/mol. The van der Waals surface area contributed by atoms with Gasteiger partial charge < -0.3 is 10.2 Å². The van der Waals surface area contributed by atoms with E-state index >= 15 is 0 Å². The van der Waals surface area contributed by atoms with E-state index < -0.39 is 10.0 Å². The number of sulfonamides is 1. The van der Waals surface area contributed by atoms with Gasteiger partial charge in [-0.2, -0.15) is 0 Å². The zero-order valence-electron chi connectivity index (χ0n) is 13.1. The highest BCUT2D eigenvalue weighted by Gasteiger charge is 2.27. The summed E-state index contributed by atoms with van der Waals surface area (Å²) >= 11 is 1.49. The Morgan fingerprint density at radius 2 is 2.05 bits per heavy atom. The van der Waals surface area contributed by atoms with Gasteiger partial charge in [0.15, 0.2) is 0 Å². The Labute approximate surface area is 131 Å². The maximum absolute atomic E-state index is 12.5. The van der Waals surface area contributed by atoms with Crippen molar-refractivity contribution in [3.63, 3.8) is 0 Å². The molecule has 0 amide bonds. The van der Waals surface area contributed by atoms with Gasteiger partial charge in [0.1, 0.15) is 0 Å². The Morgan fingerprint density at radius 1 is 1.38 bits per heavy atom. The Balaban J connectivity index is 2.03. The van der Waals surface area contributed by atoms with Crippen molar-refractivity contribution in [1.29, 1.82) is 0 Å². The molecule has 0 bridgehead atoms. The molecule has 1 aromatic heterocycles. The van der Waals surface area contributed by atoms with E-state index in [0.717, 1.165) is 4.88 Å². The fourth-order valence-corrected chi connectivity index (χ4v) is 4.33. The number of hydrogen-bond acceptors (Lipinski definition) is 5. The molecule has 2 N–H and O–H groups in total. The van der Waals surface area contributed by atoms with Gasteiger partial charge in [-0.15, -0.1) is 11.3 Å². The van der Waals surface area contributed by atoms with Gasteiger partial charge in [0.05, 0.1) is 4.90 Å². The summed E-state index contributed by atoms with van der Waals surface area (Å²) in [6.45, 7) is 5.04. The predicted molar refractivity (Wildman–Crippen MR) is 87.1 cm³/mol. The molecule has 1 aromatic rings. The highest BCUT2D eigenvalue weighted by atomic mass is 32.2. The number of thiophene rings is 1. The number of nitrogens with zero attached hydrogens (tertiary/aromatic N) is 1. The van der Waals surface area contributed by atoms with Crippen molar-refractivity contribution < 1.29 is 8.42 Å². The summed E-state index contributed by atoms with van der Waals surface area (Å²) in [6.07, 6.45) is 2.39. The smallest absolute Gasteiger partial charge is 0.241 e. The maximum Gasteiger partial charge on any atom is 0.241 e. The number of hydrogen-bond donors (Lipinski definition) is 2. The van der Waals surface area contributed by atoms with Gasteiger partial charge in [-0.1, -0.05) is 0 Å². The van der Waals surface area contributed by atoms with Crippen LogP contribution in [0.25, 0.3) is 0 Å². The third-order valence-corrected chi connectivity index (χ3v) is 6.56. The molecule has 0 unspecified atom stereocenters. The van der Waals surface area contributed by atoms with Gasteiger partial charge in [0.25, 0.3) is 0 Å². The van der Waals surface area contributed by atoms with E-state index in [0.29, 0.717) is 24.0 Å².